The first-order chi connectivity index (χ1) is 28.2. The second kappa shape index (κ2) is 14.3. The third-order valence-electron chi connectivity index (χ3n) is 11.7. The molecule has 1 amide bonds. The van der Waals surface area contributed by atoms with Crippen molar-refractivity contribution >= 4 is 57.1 Å². The van der Waals surface area contributed by atoms with Gasteiger partial charge in [-0.1, -0.05) is 26.8 Å². The van der Waals surface area contributed by atoms with Gasteiger partial charge in [0.15, 0.2) is 23.1 Å². The highest BCUT2D eigenvalue weighted by molar-refractivity contribution is 6.32. The summed E-state index contributed by atoms with van der Waals surface area (Å²) in [6.07, 6.45) is -3.36. The predicted octanol–water partition coefficient (Wildman–Crippen LogP) is 4.49. The molecule has 2 N–H and O–H groups in total. The molecule has 4 aliphatic rings. The second-order valence-electron chi connectivity index (χ2n) is 16.9. The van der Waals surface area contributed by atoms with Crippen molar-refractivity contribution in [2.45, 2.75) is 104 Å². The van der Waals surface area contributed by atoms with Crippen LogP contribution in [-0.2, 0) is 39.8 Å². The van der Waals surface area contributed by atoms with E-state index in [-0.39, 0.29) is 62.9 Å². The average molecular weight is 826 g/mol. The molecule has 2 fully saturated rings. The number of rotatable bonds is 8. The maximum Gasteiger partial charge on any atom is 0.337 e. The molecule has 16 nitrogen and oxygen atoms in total. The van der Waals surface area contributed by atoms with Gasteiger partial charge in [-0.05, 0) is 74.4 Å². The van der Waals surface area contributed by atoms with Crippen LogP contribution in [0.2, 0.25) is 0 Å². The lowest BCUT2D eigenvalue weighted by Crippen LogP contribution is -2.61. The molecule has 3 aliphatic heterocycles. The van der Waals surface area contributed by atoms with Crippen molar-refractivity contribution in [3.8, 4) is 11.5 Å². The van der Waals surface area contributed by atoms with Gasteiger partial charge in [-0.15, -0.1) is 0 Å². The predicted molar refractivity (Wildman–Crippen MR) is 208 cm³/mol. The van der Waals surface area contributed by atoms with Gasteiger partial charge in [0.05, 0.1) is 29.1 Å². The number of ketones is 2. The number of hydrogen-bond acceptors (Lipinski definition) is 15. The summed E-state index contributed by atoms with van der Waals surface area (Å²) in [5, 5.41) is 22.6. The van der Waals surface area contributed by atoms with Gasteiger partial charge in [-0.25, -0.2) is 4.79 Å². The fourth-order valence-electron chi connectivity index (χ4n) is 9.07. The smallest absolute Gasteiger partial charge is 0.337 e. The Morgan fingerprint density at radius 2 is 1.72 bits per heavy atom. The minimum absolute atomic E-state index is 0.0274. The van der Waals surface area contributed by atoms with Gasteiger partial charge in [-0.2, -0.15) is 0 Å². The van der Waals surface area contributed by atoms with Crippen LogP contribution in [0.3, 0.4) is 0 Å². The lowest BCUT2D eigenvalue weighted by molar-refractivity contribution is -0.227. The summed E-state index contributed by atoms with van der Waals surface area (Å²) in [5.74, 6) is -5.85. The maximum absolute atomic E-state index is 14.6. The lowest BCUT2D eigenvalue weighted by Gasteiger charge is -2.42. The summed E-state index contributed by atoms with van der Waals surface area (Å²) in [7, 11) is 0. The van der Waals surface area contributed by atoms with Crippen LogP contribution in [0, 0.1) is 11.8 Å². The molecule has 0 bridgehead atoms. The van der Waals surface area contributed by atoms with Gasteiger partial charge in [0, 0.05) is 36.3 Å². The second-order valence-corrected chi connectivity index (χ2v) is 16.9. The topological polar surface area (TPSA) is 222 Å². The Bertz CT molecular complexity index is 2630. The van der Waals surface area contributed by atoms with E-state index in [1.54, 1.807) is 26.8 Å². The molecule has 1 aromatic heterocycles. The van der Waals surface area contributed by atoms with Crippen molar-refractivity contribution in [1.29, 1.82) is 0 Å². The van der Waals surface area contributed by atoms with Gasteiger partial charge >= 0.3 is 17.9 Å². The number of aliphatic hydroxyl groups excluding tert-OH is 1. The summed E-state index contributed by atoms with van der Waals surface area (Å²) < 4.78 is 34.2. The van der Waals surface area contributed by atoms with Gasteiger partial charge in [-0.3, -0.25) is 33.7 Å². The third-order valence-corrected chi connectivity index (χ3v) is 11.7. The van der Waals surface area contributed by atoms with E-state index < -0.39 is 106 Å². The van der Waals surface area contributed by atoms with E-state index in [0.29, 0.717) is 12.0 Å². The number of benzene rings is 3. The first-order valence-electron chi connectivity index (χ1n) is 19.7. The zero-order valence-electron chi connectivity index (χ0n) is 33.9. The highest BCUT2D eigenvalue weighted by Crippen LogP contribution is 2.49. The Labute approximate surface area is 342 Å². The number of phenols is 1. The largest absolute Gasteiger partial charge is 0.506 e. The van der Waals surface area contributed by atoms with E-state index in [2.05, 4.69) is 0 Å². The Balaban J connectivity index is 1.15. The van der Waals surface area contributed by atoms with Gasteiger partial charge < -0.3 is 38.3 Å². The van der Waals surface area contributed by atoms with Crippen molar-refractivity contribution in [2.75, 3.05) is 6.61 Å². The molecule has 3 unspecified atom stereocenters. The monoisotopic (exact) mass is 825 g/mol. The number of carbonyl (C=O) groups excluding carboxylic acids is 6. The molecule has 4 heterocycles. The summed E-state index contributed by atoms with van der Waals surface area (Å²) in [6, 6.07) is 8.57. The summed E-state index contributed by atoms with van der Waals surface area (Å²) in [4.78, 5) is 96.4. The average Bonchev–Trinajstić information content (AvgIpc) is 3.37. The zero-order chi connectivity index (χ0) is 43.3. The zero-order valence-corrected chi connectivity index (χ0v) is 33.9. The highest BCUT2D eigenvalue weighted by atomic mass is 16.7. The normalized spacial score (nSPS) is 26.3. The molecule has 3 aromatic carbocycles. The molecule has 0 radical (unpaired) electrons. The minimum atomic E-state index is -1.78. The molecular formula is C44H43NO15. The number of carbonyl (C=O) groups is 6. The summed E-state index contributed by atoms with van der Waals surface area (Å²) in [6.45, 7) is 10.9. The number of esters is 3. The fraction of sp³-hybridized carbons (Fsp3) is 0.432. The number of phenolic OH excluding ortho intramolecular Hbond substituents is 1. The molecule has 1 aliphatic carbocycles. The fourth-order valence-corrected chi connectivity index (χ4v) is 9.07. The van der Waals surface area contributed by atoms with Crippen LogP contribution in [0.4, 0.5) is 0 Å². The lowest BCUT2D eigenvalue weighted by atomic mass is 9.80. The Hall–Kier alpha value is -6.13. The molecule has 16 heteroatoms. The first-order valence-corrected chi connectivity index (χ1v) is 19.7. The molecule has 8 rings (SSSR count). The van der Waals surface area contributed by atoms with Crippen LogP contribution in [0.1, 0.15) is 109 Å². The van der Waals surface area contributed by atoms with Crippen LogP contribution in [0.5, 0.6) is 11.5 Å². The van der Waals surface area contributed by atoms with Crippen LogP contribution in [0.15, 0.2) is 45.6 Å². The SMILES string of the molecule is CC(=O)O[C@@H]1[C@H](O)C[C@H](Oc2ccc3oc4c(c(=O)c3c2)C(=O)c2c(ccc3cc5c(c(O)c23)C(=O)N2C(C)(C5)OC(=O)C2(C)COC(=O)C(C)CC(C)C)C4=O)O[C@@H]1C. The van der Waals surface area contributed by atoms with E-state index in [1.807, 2.05) is 13.8 Å². The van der Waals surface area contributed by atoms with Gasteiger partial charge in [0.1, 0.15) is 29.3 Å². The number of fused-ring (bicyclic) bond motifs is 7. The van der Waals surface area contributed by atoms with Crippen LogP contribution < -0.4 is 10.2 Å². The Morgan fingerprint density at radius 3 is 2.40 bits per heavy atom. The molecule has 0 spiro atoms. The number of ether oxygens (including phenoxy) is 5. The minimum Gasteiger partial charge on any atom is -0.506 e. The number of amides is 1. The number of aliphatic hydroxyl groups is 1. The van der Waals surface area contributed by atoms with Crippen LogP contribution >= 0.6 is 0 Å². The van der Waals surface area contributed by atoms with Crippen molar-refractivity contribution in [3.05, 3.63) is 80.2 Å². The Morgan fingerprint density at radius 1 is 0.983 bits per heavy atom. The van der Waals surface area contributed by atoms with Crippen molar-refractivity contribution in [1.82, 2.24) is 4.90 Å². The quantitative estimate of drug-likeness (QED) is 0.163. The van der Waals surface area contributed by atoms with Crippen molar-refractivity contribution in [2.24, 2.45) is 11.8 Å². The molecule has 7 atom stereocenters. The molecular weight excluding hydrogens is 782 g/mol. The molecule has 4 aromatic rings. The Kier molecular flexibility index (Phi) is 9.66. The first kappa shape index (κ1) is 40.6. The van der Waals surface area contributed by atoms with E-state index in [9.17, 15) is 43.8 Å². The van der Waals surface area contributed by atoms with E-state index >= 15 is 0 Å². The number of aromatic hydroxyl groups is 1. The van der Waals surface area contributed by atoms with Crippen LogP contribution in [0.25, 0.3) is 21.7 Å². The molecule has 314 valence electrons. The number of hydrogen-bond donors (Lipinski definition) is 2. The molecule has 0 saturated carbocycles. The summed E-state index contributed by atoms with van der Waals surface area (Å²) >= 11 is 0. The molecule has 2 saturated heterocycles. The number of nitrogens with zero attached hydrogens (tertiary/aromatic N) is 1. The van der Waals surface area contributed by atoms with Crippen molar-refractivity contribution < 1.29 is 67.1 Å². The van der Waals surface area contributed by atoms with Gasteiger partial charge in [0.25, 0.3) is 5.91 Å². The highest BCUT2D eigenvalue weighted by Gasteiger charge is 2.64. The van der Waals surface area contributed by atoms with E-state index in [0.717, 1.165) is 4.90 Å². The van der Waals surface area contributed by atoms with E-state index in [4.69, 9.17) is 28.1 Å². The molecule has 60 heavy (non-hydrogen) atoms. The van der Waals surface area contributed by atoms with Crippen LogP contribution in [-0.4, -0.2) is 93.0 Å². The summed E-state index contributed by atoms with van der Waals surface area (Å²) in [5.41, 5.74) is -5.25. The van der Waals surface area contributed by atoms with E-state index in [1.165, 1.54) is 44.2 Å². The third kappa shape index (κ3) is 6.31. The maximum atomic E-state index is 14.6. The van der Waals surface area contributed by atoms with Crippen molar-refractivity contribution in [3.63, 3.8) is 0 Å². The standard InChI is InChI=1S/C44H43NO15/c1-18(2)12-19(3)41(53)55-17-43(6)42(54)60-44(7)16-23-13-22-8-10-25-32(30(22)36(50)31(23)40(52)45(43)44)37(51)33-34(48)26-14-24(9-11-28(26)59-39(33)35(25)49)58-29-15-27(47)38(20(4)56-29)57-21(5)46/h8-11,13-14,18-20,27,29,38,47,50H,12,15-17H2,1-7H3/t19?,20-,27-,29+,38+,43?,44?/m1/s1. The van der Waals surface area contributed by atoms with Gasteiger partial charge in [0.2, 0.25) is 23.3 Å².